The fraction of sp³-hybridized carbons (Fsp3) is 1.00. The lowest BCUT2D eigenvalue weighted by molar-refractivity contribution is -0.559. The molecule has 0 aliphatic heterocycles. The van der Waals surface area contributed by atoms with Gasteiger partial charge >= 0.3 is 0 Å². The highest BCUT2D eigenvalue weighted by Gasteiger charge is 3.00. The summed E-state index contributed by atoms with van der Waals surface area (Å²) in [6.45, 7) is 0. The Hall–Kier alpha value is -0.0400. The molecule has 16 aliphatic carbocycles. The molecule has 1 nitrogen and oxygen atoms in total. The molecule has 0 atom stereocenters. The van der Waals surface area contributed by atoms with E-state index in [9.17, 15) is 5.11 Å². The molecule has 1 N–H and O–H groups in total. The van der Waals surface area contributed by atoms with Gasteiger partial charge in [-0.05, 0) is 151 Å². The van der Waals surface area contributed by atoms with Crippen molar-refractivity contribution in [3.05, 3.63) is 0 Å². The SMILES string of the molecule is OC12CC34CC5CC67CC8CC9%10CC%11CC(C5)(C69)C3C(C%11)(C1)C%10C(C8)(C2)C74. The second kappa shape index (κ2) is 2.88. The average molecular weight is 361 g/mol. The van der Waals surface area contributed by atoms with Crippen LogP contribution in [-0.4, -0.2) is 10.7 Å². The van der Waals surface area contributed by atoms with E-state index in [0.29, 0.717) is 16.2 Å². The third kappa shape index (κ3) is 0.818. The standard InChI is InChI=1S/C26H32O/c27-20-10-24-7-13-1-21-3-14-4-23-6-15-5-22(2-13,16(21)23)18(24)26(9-15,12-20)19(23)25(8-14,11-20)17(21)24/h13-19,27H,1-12H2. The molecule has 1 heteroatoms. The van der Waals surface area contributed by atoms with Gasteiger partial charge in [-0.25, -0.2) is 0 Å². The third-order valence-corrected chi connectivity index (χ3v) is 14.9. The molecule has 6 spiro atoms. The van der Waals surface area contributed by atoms with Crippen LogP contribution in [0.15, 0.2) is 0 Å². The van der Waals surface area contributed by atoms with Crippen molar-refractivity contribution in [2.24, 2.45) is 73.9 Å². The van der Waals surface area contributed by atoms with Gasteiger partial charge in [-0.15, -0.1) is 0 Å². The van der Waals surface area contributed by atoms with Crippen molar-refractivity contribution >= 4 is 0 Å². The second-order valence-corrected chi connectivity index (χ2v) is 15.3. The van der Waals surface area contributed by atoms with Gasteiger partial charge < -0.3 is 5.11 Å². The first kappa shape index (κ1) is 13.3. The Balaban J connectivity index is 1.41. The first-order chi connectivity index (χ1) is 12.9. The van der Waals surface area contributed by atoms with E-state index in [-0.39, 0.29) is 5.60 Å². The van der Waals surface area contributed by atoms with Gasteiger partial charge in [-0.1, -0.05) is 0 Å². The van der Waals surface area contributed by atoms with Crippen LogP contribution in [0.1, 0.15) is 77.0 Å². The van der Waals surface area contributed by atoms with Crippen LogP contribution in [0.25, 0.3) is 0 Å². The quantitative estimate of drug-likeness (QED) is 0.659. The molecule has 0 aromatic carbocycles. The van der Waals surface area contributed by atoms with Crippen molar-refractivity contribution < 1.29 is 5.11 Å². The van der Waals surface area contributed by atoms with E-state index in [2.05, 4.69) is 0 Å². The van der Waals surface area contributed by atoms with Crippen LogP contribution in [0.2, 0.25) is 0 Å². The summed E-state index contributed by atoms with van der Waals surface area (Å²) in [5.41, 5.74) is 3.96. The van der Waals surface area contributed by atoms with Crippen LogP contribution in [0.5, 0.6) is 0 Å². The fourth-order valence-electron chi connectivity index (χ4n) is 18.6. The maximum atomic E-state index is 12.1. The maximum absolute atomic E-state index is 12.1. The van der Waals surface area contributed by atoms with Crippen molar-refractivity contribution in [1.29, 1.82) is 0 Å². The molecule has 0 amide bonds. The smallest absolute Gasteiger partial charge is 0.0664 e. The second-order valence-electron chi connectivity index (χ2n) is 15.3. The summed E-state index contributed by atoms with van der Waals surface area (Å²) >= 11 is 0. The van der Waals surface area contributed by atoms with Crippen molar-refractivity contribution in [3.63, 3.8) is 0 Å². The van der Waals surface area contributed by atoms with Crippen LogP contribution in [0.4, 0.5) is 0 Å². The van der Waals surface area contributed by atoms with Gasteiger partial charge in [-0.2, -0.15) is 0 Å². The van der Waals surface area contributed by atoms with Gasteiger partial charge in [0.1, 0.15) is 0 Å². The minimum Gasteiger partial charge on any atom is -0.390 e. The molecule has 0 unspecified atom stereocenters. The molecule has 27 heavy (non-hydrogen) atoms. The first-order valence-corrected chi connectivity index (χ1v) is 12.7. The highest BCUT2D eigenvalue weighted by molar-refractivity contribution is 5.48. The van der Waals surface area contributed by atoms with Crippen molar-refractivity contribution in [2.75, 3.05) is 0 Å². The minimum atomic E-state index is -0.241. The Morgan fingerprint density at radius 3 is 1.00 bits per heavy atom. The summed E-state index contributed by atoms with van der Waals surface area (Å²) in [6.07, 6.45) is 18.4. The molecule has 0 saturated heterocycles. The lowest BCUT2D eigenvalue weighted by Crippen LogP contribution is -2.98. The molecular formula is C26H32O. The molecule has 0 heterocycles. The highest BCUT2D eigenvalue weighted by Crippen LogP contribution is 3.05. The molecular weight excluding hydrogens is 328 g/mol. The van der Waals surface area contributed by atoms with Gasteiger partial charge in [0.2, 0.25) is 0 Å². The van der Waals surface area contributed by atoms with E-state index in [4.69, 9.17) is 0 Å². The number of hydrogen-bond donors (Lipinski definition) is 1. The summed E-state index contributed by atoms with van der Waals surface area (Å²) in [4.78, 5) is 0. The monoisotopic (exact) mass is 360 g/mol. The van der Waals surface area contributed by atoms with Crippen LogP contribution in [0, 0.1) is 73.9 Å². The van der Waals surface area contributed by atoms with Crippen LogP contribution in [-0.2, 0) is 0 Å². The molecule has 16 saturated carbocycles. The zero-order chi connectivity index (χ0) is 17.0. The van der Waals surface area contributed by atoms with Crippen molar-refractivity contribution in [3.8, 4) is 0 Å². The summed E-state index contributed by atoms with van der Waals surface area (Å²) in [5, 5.41) is 12.1. The summed E-state index contributed by atoms with van der Waals surface area (Å²) in [5.74, 6) is 7.59. The minimum absolute atomic E-state index is 0.241. The predicted molar refractivity (Wildman–Crippen MR) is 99.4 cm³/mol. The van der Waals surface area contributed by atoms with Gasteiger partial charge in [0.05, 0.1) is 5.60 Å². The molecule has 142 valence electrons. The topological polar surface area (TPSA) is 20.2 Å². The number of rotatable bonds is 0. The van der Waals surface area contributed by atoms with Gasteiger partial charge in [0.15, 0.2) is 0 Å². The van der Waals surface area contributed by atoms with E-state index in [1.54, 1.807) is 57.8 Å². The molecule has 16 fully saturated rings. The summed E-state index contributed by atoms with van der Waals surface area (Å²) in [6, 6.07) is 0. The lowest BCUT2D eigenvalue weighted by Gasteiger charge is -3.03. The van der Waals surface area contributed by atoms with Crippen LogP contribution >= 0.6 is 0 Å². The fourth-order valence-corrected chi connectivity index (χ4v) is 18.6. The van der Waals surface area contributed by atoms with Crippen molar-refractivity contribution in [2.45, 2.75) is 82.7 Å². The Labute approximate surface area is 162 Å². The molecule has 16 rings (SSSR count). The van der Waals surface area contributed by atoms with E-state index >= 15 is 0 Å². The first-order valence-electron chi connectivity index (χ1n) is 12.7. The molecule has 14 bridgehead atoms. The van der Waals surface area contributed by atoms with Gasteiger partial charge in [0.25, 0.3) is 0 Å². The molecule has 0 aromatic rings. The van der Waals surface area contributed by atoms with E-state index in [1.807, 2.05) is 0 Å². The number of aliphatic hydroxyl groups is 1. The van der Waals surface area contributed by atoms with Crippen LogP contribution in [0.3, 0.4) is 0 Å². The molecule has 0 radical (unpaired) electrons. The summed E-state index contributed by atoms with van der Waals surface area (Å²) in [7, 11) is 0. The van der Waals surface area contributed by atoms with Gasteiger partial charge in [-0.3, -0.25) is 0 Å². The van der Waals surface area contributed by atoms with Gasteiger partial charge in [0, 0.05) is 0 Å². The van der Waals surface area contributed by atoms with E-state index < -0.39 is 0 Å². The lowest BCUT2D eigenvalue weighted by atomic mass is 9.01. The normalized spacial score (nSPS) is 88.6. The Kier molecular flexibility index (Phi) is 1.42. The van der Waals surface area contributed by atoms with Crippen molar-refractivity contribution in [1.82, 2.24) is 0 Å². The average Bonchev–Trinajstić information content (AvgIpc) is 2.45. The zero-order valence-electron chi connectivity index (χ0n) is 16.5. The Morgan fingerprint density at radius 1 is 0.407 bits per heavy atom. The number of hydrogen-bond acceptors (Lipinski definition) is 1. The predicted octanol–water partition coefficient (Wildman–Crippen LogP) is 4.78. The Morgan fingerprint density at radius 2 is 0.667 bits per heavy atom. The van der Waals surface area contributed by atoms with E-state index in [1.165, 1.54) is 25.2 Å². The molecule has 16 aliphatic rings. The zero-order valence-corrected chi connectivity index (χ0v) is 16.5. The highest BCUT2D eigenvalue weighted by atomic mass is 16.3. The third-order valence-electron chi connectivity index (χ3n) is 14.9. The van der Waals surface area contributed by atoms with Crippen LogP contribution < -0.4 is 0 Å². The van der Waals surface area contributed by atoms with E-state index in [0.717, 1.165) is 51.8 Å². The Bertz CT molecular complexity index is 780. The largest absolute Gasteiger partial charge is 0.390 e. The molecule has 0 aromatic heterocycles. The summed E-state index contributed by atoms with van der Waals surface area (Å²) < 4.78 is 0. The maximum Gasteiger partial charge on any atom is 0.0664 e.